The summed E-state index contributed by atoms with van der Waals surface area (Å²) in [6.07, 6.45) is 0. The number of primary amides is 1. The monoisotopic (exact) mass is 377 g/mol. The highest BCUT2D eigenvalue weighted by molar-refractivity contribution is 6.33. The van der Waals surface area contributed by atoms with Crippen molar-refractivity contribution in [2.45, 2.75) is 13.0 Å². The van der Waals surface area contributed by atoms with Gasteiger partial charge in [0.05, 0.1) is 17.8 Å². The van der Waals surface area contributed by atoms with Gasteiger partial charge in [0.25, 0.3) is 5.91 Å². The Bertz CT molecular complexity index is 798. The van der Waals surface area contributed by atoms with Crippen LogP contribution in [0.3, 0.4) is 0 Å². The molecule has 0 saturated heterocycles. The fourth-order valence-corrected chi connectivity index (χ4v) is 2.33. The summed E-state index contributed by atoms with van der Waals surface area (Å²) < 4.78 is 10.5. The third-order valence-electron chi connectivity index (χ3n) is 3.44. The van der Waals surface area contributed by atoms with Crippen LogP contribution in [0.2, 0.25) is 5.02 Å². The molecule has 0 unspecified atom stereocenters. The second-order valence-corrected chi connectivity index (χ2v) is 5.86. The summed E-state index contributed by atoms with van der Waals surface area (Å²) in [5.41, 5.74) is 6.24. The highest BCUT2D eigenvalue weighted by atomic mass is 35.5. The van der Waals surface area contributed by atoms with Crippen molar-refractivity contribution in [3.8, 4) is 11.5 Å². The van der Waals surface area contributed by atoms with Crippen LogP contribution in [0.25, 0.3) is 0 Å². The Kier molecular flexibility index (Phi) is 6.68. The van der Waals surface area contributed by atoms with Crippen molar-refractivity contribution >= 4 is 34.8 Å². The Morgan fingerprint density at radius 2 is 1.92 bits per heavy atom. The normalized spacial score (nSPS) is 11.3. The van der Waals surface area contributed by atoms with Gasteiger partial charge >= 0.3 is 0 Å². The lowest BCUT2D eigenvalue weighted by Gasteiger charge is -2.17. The fourth-order valence-electron chi connectivity index (χ4n) is 2.15. The van der Waals surface area contributed by atoms with Crippen LogP contribution >= 0.6 is 11.6 Å². The number of carbonyl (C=O) groups is 2. The number of rotatable bonds is 8. The van der Waals surface area contributed by atoms with Crippen LogP contribution in [0, 0.1) is 0 Å². The molecule has 26 heavy (non-hydrogen) atoms. The molecule has 7 nitrogen and oxygen atoms in total. The smallest absolute Gasteiger partial charge is 0.255 e. The van der Waals surface area contributed by atoms with Gasteiger partial charge in [0.1, 0.15) is 6.04 Å². The van der Waals surface area contributed by atoms with Crippen molar-refractivity contribution in [1.29, 1.82) is 0 Å². The number of benzene rings is 2. The van der Waals surface area contributed by atoms with Gasteiger partial charge in [-0.05, 0) is 31.2 Å². The van der Waals surface area contributed by atoms with E-state index in [4.69, 9.17) is 26.8 Å². The number of ether oxygens (including phenoxy) is 2. The number of halogens is 1. The van der Waals surface area contributed by atoms with Gasteiger partial charge < -0.3 is 25.8 Å². The molecule has 1 atom stereocenters. The van der Waals surface area contributed by atoms with Gasteiger partial charge in [0.2, 0.25) is 5.91 Å². The molecule has 0 aliphatic carbocycles. The van der Waals surface area contributed by atoms with E-state index in [-0.39, 0.29) is 12.5 Å². The van der Waals surface area contributed by atoms with Crippen molar-refractivity contribution in [1.82, 2.24) is 0 Å². The zero-order valence-corrected chi connectivity index (χ0v) is 15.2. The molecule has 0 aliphatic heterocycles. The maximum Gasteiger partial charge on any atom is 0.255 e. The second-order valence-electron chi connectivity index (χ2n) is 5.46. The third-order valence-corrected chi connectivity index (χ3v) is 3.77. The second kappa shape index (κ2) is 8.96. The van der Waals surface area contributed by atoms with E-state index in [0.29, 0.717) is 27.9 Å². The van der Waals surface area contributed by atoms with E-state index in [1.54, 1.807) is 49.4 Å². The summed E-state index contributed by atoms with van der Waals surface area (Å²) in [4.78, 5) is 23.2. The first-order valence-corrected chi connectivity index (χ1v) is 8.19. The third kappa shape index (κ3) is 5.29. The summed E-state index contributed by atoms with van der Waals surface area (Å²) >= 11 is 6.04. The van der Waals surface area contributed by atoms with Gasteiger partial charge in [-0.25, -0.2) is 0 Å². The standard InChI is InChI=1S/C18H20ClN3O4/c1-11(18(24)22-14-6-4-3-5-13(14)19)21-12-7-8-15(25-2)16(9-12)26-10-17(20)23/h3-9,11,21H,10H2,1-2H3,(H2,20,23)(H,22,24)/t11-/m0/s1. The van der Waals surface area contributed by atoms with E-state index in [0.717, 1.165) is 0 Å². The van der Waals surface area contributed by atoms with Crippen molar-refractivity contribution < 1.29 is 19.1 Å². The first-order valence-electron chi connectivity index (χ1n) is 7.81. The van der Waals surface area contributed by atoms with E-state index in [9.17, 15) is 9.59 Å². The Morgan fingerprint density at radius 3 is 2.58 bits per heavy atom. The van der Waals surface area contributed by atoms with Crippen LogP contribution in [-0.4, -0.2) is 31.6 Å². The van der Waals surface area contributed by atoms with Crippen LogP contribution < -0.4 is 25.8 Å². The highest BCUT2D eigenvalue weighted by Crippen LogP contribution is 2.30. The molecule has 0 bridgehead atoms. The molecular weight excluding hydrogens is 358 g/mol. The number of methoxy groups -OCH3 is 1. The zero-order chi connectivity index (χ0) is 19.1. The fraction of sp³-hybridized carbons (Fsp3) is 0.222. The molecule has 0 aliphatic rings. The number of anilines is 2. The summed E-state index contributed by atoms with van der Waals surface area (Å²) in [6, 6.07) is 11.4. The van der Waals surface area contributed by atoms with Crippen molar-refractivity contribution in [2.24, 2.45) is 5.73 Å². The van der Waals surface area contributed by atoms with Gasteiger partial charge in [0, 0.05) is 11.8 Å². The van der Waals surface area contributed by atoms with E-state index >= 15 is 0 Å². The Balaban J connectivity index is 2.06. The first-order chi connectivity index (χ1) is 12.4. The van der Waals surface area contributed by atoms with Gasteiger partial charge in [-0.1, -0.05) is 23.7 Å². The number of para-hydroxylation sites is 1. The predicted octanol–water partition coefficient (Wildman–Crippen LogP) is 2.65. The van der Waals surface area contributed by atoms with Crippen LogP contribution in [-0.2, 0) is 9.59 Å². The molecule has 4 N–H and O–H groups in total. The number of hydrogen-bond donors (Lipinski definition) is 3. The van der Waals surface area contributed by atoms with Crippen molar-refractivity contribution in [3.63, 3.8) is 0 Å². The number of carbonyl (C=O) groups excluding carboxylic acids is 2. The Labute approximate surface area is 156 Å². The SMILES string of the molecule is COc1ccc(N[C@@H](C)C(=O)Nc2ccccc2Cl)cc1OCC(N)=O. The molecule has 0 radical (unpaired) electrons. The molecule has 2 rings (SSSR count). The van der Waals surface area contributed by atoms with Crippen LogP contribution in [0.5, 0.6) is 11.5 Å². The minimum absolute atomic E-state index is 0.256. The molecular formula is C18H20ClN3O4. The maximum absolute atomic E-state index is 12.3. The molecule has 2 aromatic rings. The minimum Gasteiger partial charge on any atom is -0.493 e. The van der Waals surface area contributed by atoms with E-state index in [1.807, 2.05) is 0 Å². The number of hydrogen-bond acceptors (Lipinski definition) is 5. The zero-order valence-electron chi connectivity index (χ0n) is 14.4. The Morgan fingerprint density at radius 1 is 1.19 bits per heavy atom. The topological polar surface area (TPSA) is 103 Å². The van der Waals surface area contributed by atoms with Crippen LogP contribution in [0.4, 0.5) is 11.4 Å². The van der Waals surface area contributed by atoms with Gasteiger partial charge in [-0.2, -0.15) is 0 Å². The van der Waals surface area contributed by atoms with E-state index in [2.05, 4.69) is 10.6 Å². The van der Waals surface area contributed by atoms with Gasteiger partial charge in [0.15, 0.2) is 18.1 Å². The molecule has 2 aromatic carbocycles. The molecule has 2 amide bonds. The summed E-state index contributed by atoms with van der Waals surface area (Å²) in [5.74, 6) is -0.0635. The maximum atomic E-state index is 12.3. The van der Waals surface area contributed by atoms with Crippen LogP contribution in [0.15, 0.2) is 42.5 Å². The lowest BCUT2D eigenvalue weighted by atomic mass is 10.2. The van der Waals surface area contributed by atoms with E-state index in [1.165, 1.54) is 7.11 Å². The molecule has 0 saturated carbocycles. The van der Waals surface area contributed by atoms with Gasteiger partial charge in [-0.3, -0.25) is 9.59 Å². The number of nitrogens with one attached hydrogen (secondary N) is 2. The highest BCUT2D eigenvalue weighted by Gasteiger charge is 2.15. The summed E-state index contributed by atoms with van der Waals surface area (Å²) in [7, 11) is 1.49. The average Bonchev–Trinajstić information content (AvgIpc) is 2.62. The molecule has 0 spiro atoms. The average molecular weight is 378 g/mol. The quantitative estimate of drug-likeness (QED) is 0.656. The molecule has 0 fully saturated rings. The number of amides is 2. The lowest BCUT2D eigenvalue weighted by Crippen LogP contribution is -2.32. The largest absolute Gasteiger partial charge is 0.493 e. The molecule has 0 heterocycles. The predicted molar refractivity (Wildman–Crippen MR) is 101 cm³/mol. The molecule has 138 valence electrons. The van der Waals surface area contributed by atoms with Crippen molar-refractivity contribution in [3.05, 3.63) is 47.5 Å². The summed E-state index contributed by atoms with van der Waals surface area (Å²) in [5, 5.41) is 6.27. The Hall–Kier alpha value is -2.93. The molecule has 8 heteroatoms. The van der Waals surface area contributed by atoms with Crippen LogP contribution in [0.1, 0.15) is 6.92 Å². The van der Waals surface area contributed by atoms with E-state index < -0.39 is 11.9 Å². The lowest BCUT2D eigenvalue weighted by molar-refractivity contribution is -0.120. The van der Waals surface area contributed by atoms with Crippen molar-refractivity contribution in [2.75, 3.05) is 24.4 Å². The van der Waals surface area contributed by atoms with Gasteiger partial charge in [-0.15, -0.1) is 0 Å². The number of nitrogens with two attached hydrogens (primary N) is 1. The first kappa shape index (κ1) is 19.4. The molecule has 0 aromatic heterocycles. The summed E-state index contributed by atoms with van der Waals surface area (Å²) in [6.45, 7) is 1.43. The minimum atomic E-state index is -0.599.